The molecule has 0 saturated heterocycles. The van der Waals surface area contributed by atoms with E-state index in [-0.39, 0.29) is 18.1 Å². The zero-order valence-electron chi connectivity index (χ0n) is 22.4. The summed E-state index contributed by atoms with van der Waals surface area (Å²) in [6.07, 6.45) is -2.77. The van der Waals surface area contributed by atoms with Gasteiger partial charge in [0.05, 0.1) is 12.1 Å². The van der Waals surface area contributed by atoms with Crippen molar-refractivity contribution in [2.24, 2.45) is 0 Å². The average Bonchev–Trinajstić information content (AvgIpc) is 3.39. The third kappa shape index (κ3) is 9.59. The number of aromatic nitrogens is 4. The molecule has 4 aromatic rings. The molecule has 0 aliphatic rings. The summed E-state index contributed by atoms with van der Waals surface area (Å²) in [5, 5.41) is 22.9. The molecule has 14 heteroatoms. The van der Waals surface area contributed by atoms with Crippen LogP contribution in [0.5, 0.6) is 5.75 Å². The number of methoxy groups -OCH3 is 1. The molecule has 2 aromatic carbocycles. The highest BCUT2D eigenvalue weighted by Gasteiger charge is 2.31. The first-order chi connectivity index (χ1) is 20.2. The van der Waals surface area contributed by atoms with E-state index in [9.17, 15) is 22.8 Å². The van der Waals surface area contributed by atoms with Crippen molar-refractivity contribution in [2.45, 2.75) is 44.6 Å². The average molecular weight is 601 g/mol. The van der Waals surface area contributed by atoms with Gasteiger partial charge in [0, 0.05) is 13.5 Å². The first kappa shape index (κ1) is 30.5. The SMILES string of the molecule is COC(C(=O)Nc1nnc(CCCCc2ccc(NC(=O)Cc3cccc(OC(F)(F)F)c3)nn2)s1)c1ccccc1. The van der Waals surface area contributed by atoms with Crippen LogP contribution in [-0.4, -0.2) is 45.7 Å². The molecular formula is C28H27F3N6O4S. The number of nitrogens with zero attached hydrogens (tertiary/aromatic N) is 4. The van der Waals surface area contributed by atoms with Crippen LogP contribution in [0, 0.1) is 0 Å². The van der Waals surface area contributed by atoms with Gasteiger partial charge >= 0.3 is 6.36 Å². The minimum absolute atomic E-state index is 0.157. The van der Waals surface area contributed by atoms with Crippen molar-refractivity contribution >= 4 is 34.1 Å². The molecule has 220 valence electrons. The van der Waals surface area contributed by atoms with Crippen LogP contribution in [0.2, 0.25) is 0 Å². The normalized spacial score (nSPS) is 12.0. The van der Waals surface area contributed by atoms with Crippen molar-refractivity contribution < 1.29 is 32.2 Å². The number of nitrogens with one attached hydrogen (secondary N) is 2. The molecule has 0 aliphatic heterocycles. The Kier molecular flexibility index (Phi) is 10.5. The van der Waals surface area contributed by atoms with Crippen LogP contribution in [0.25, 0.3) is 0 Å². The third-order valence-electron chi connectivity index (χ3n) is 5.83. The van der Waals surface area contributed by atoms with Crippen LogP contribution in [-0.2, 0) is 33.6 Å². The van der Waals surface area contributed by atoms with Crippen molar-refractivity contribution in [3.8, 4) is 5.75 Å². The molecule has 2 amide bonds. The van der Waals surface area contributed by atoms with Gasteiger partial charge in [0.2, 0.25) is 11.0 Å². The Labute approximate surface area is 243 Å². The highest BCUT2D eigenvalue weighted by atomic mass is 32.1. The molecule has 2 heterocycles. The molecule has 2 N–H and O–H groups in total. The predicted molar refractivity (Wildman–Crippen MR) is 149 cm³/mol. The van der Waals surface area contributed by atoms with Crippen LogP contribution < -0.4 is 15.4 Å². The van der Waals surface area contributed by atoms with Crippen molar-refractivity contribution in [1.29, 1.82) is 0 Å². The van der Waals surface area contributed by atoms with Gasteiger partial charge < -0.3 is 14.8 Å². The zero-order chi connectivity index (χ0) is 30.0. The second-order valence-electron chi connectivity index (χ2n) is 9.05. The van der Waals surface area contributed by atoms with Crippen LogP contribution in [0.4, 0.5) is 24.1 Å². The molecule has 0 radical (unpaired) electrons. The van der Waals surface area contributed by atoms with Crippen LogP contribution in [0.1, 0.15) is 40.8 Å². The lowest BCUT2D eigenvalue weighted by Crippen LogP contribution is -2.22. The van der Waals surface area contributed by atoms with E-state index in [1.165, 1.54) is 30.6 Å². The predicted octanol–water partition coefficient (Wildman–Crippen LogP) is 5.30. The highest BCUT2D eigenvalue weighted by Crippen LogP contribution is 2.24. The van der Waals surface area contributed by atoms with Gasteiger partial charge in [-0.1, -0.05) is 53.8 Å². The van der Waals surface area contributed by atoms with Crippen LogP contribution in [0.15, 0.2) is 66.7 Å². The Hall–Kier alpha value is -4.43. The molecule has 2 aromatic heterocycles. The summed E-state index contributed by atoms with van der Waals surface area (Å²) in [5.41, 5.74) is 1.83. The number of hydrogen-bond donors (Lipinski definition) is 2. The summed E-state index contributed by atoms with van der Waals surface area (Å²) >= 11 is 1.31. The fourth-order valence-electron chi connectivity index (χ4n) is 3.97. The molecule has 0 fully saturated rings. The maximum Gasteiger partial charge on any atom is 0.573 e. The fourth-order valence-corrected chi connectivity index (χ4v) is 4.75. The molecule has 0 bridgehead atoms. The van der Waals surface area contributed by atoms with Gasteiger partial charge in [0.1, 0.15) is 10.8 Å². The van der Waals surface area contributed by atoms with Crippen molar-refractivity contribution in [2.75, 3.05) is 17.7 Å². The highest BCUT2D eigenvalue weighted by molar-refractivity contribution is 7.15. The lowest BCUT2D eigenvalue weighted by molar-refractivity contribution is -0.274. The number of carbonyl (C=O) groups is 2. The van der Waals surface area contributed by atoms with Crippen molar-refractivity contribution in [3.05, 3.63) is 88.6 Å². The number of aryl methyl sites for hydroxylation is 2. The molecule has 0 saturated carbocycles. The quantitative estimate of drug-likeness (QED) is 0.198. The Morgan fingerprint density at radius 1 is 0.905 bits per heavy atom. The van der Waals surface area contributed by atoms with Crippen LogP contribution >= 0.6 is 11.3 Å². The molecule has 4 rings (SSSR count). The summed E-state index contributed by atoms with van der Waals surface area (Å²) in [4.78, 5) is 24.9. The van der Waals surface area contributed by atoms with E-state index in [1.807, 2.05) is 30.3 Å². The van der Waals surface area contributed by atoms with E-state index in [2.05, 4.69) is 35.8 Å². The summed E-state index contributed by atoms with van der Waals surface area (Å²) in [7, 11) is 1.47. The van der Waals surface area contributed by atoms with E-state index in [1.54, 1.807) is 12.1 Å². The molecule has 0 aliphatic carbocycles. The number of alkyl halides is 3. The summed E-state index contributed by atoms with van der Waals surface area (Å²) < 4.78 is 46.5. The standard InChI is InChI=1S/C28H27F3N6O4S/c1-40-25(19-9-3-2-4-10-19)26(39)33-27-37-36-24(42-27)13-6-5-11-20-14-15-22(35-34-20)32-23(38)17-18-8-7-12-21(16-18)41-28(29,30)31/h2-4,7-10,12,14-16,25H,5-6,11,13,17H2,1H3,(H,32,35,38)(H,33,37,39). The zero-order valence-corrected chi connectivity index (χ0v) is 23.2. The largest absolute Gasteiger partial charge is 0.573 e. The second kappa shape index (κ2) is 14.5. The number of benzene rings is 2. The number of unbranched alkanes of at least 4 members (excludes halogenated alkanes) is 1. The summed E-state index contributed by atoms with van der Waals surface area (Å²) in [6, 6.07) is 17.8. The topological polar surface area (TPSA) is 128 Å². The fraction of sp³-hybridized carbons (Fsp3) is 0.286. The smallest absolute Gasteiger partial charge is 0.406 e. The van der Waals surface area contributed by atoms with Gasteiger partial charge in [0.25, 0.3) is 5.91 Å². The Balaban J connectivity index is 1.18. The molecule has 1 unspecified atom stereocenters. The number of rotatable bonds is 13. The molecular weight excluding hydrogens is 573 g/mol. The van der Waals surface area contributed by atoms with E-state index >= 15 is 0 Å². The molecule has 1 atom stereocenters. The minimum atomic E-state index is -4.81. The Bertz CT molecular complexity index is 1470. The molecule has 0 spiro atoms. The lowest BCUT2D eigenvalue weighted by atomic mass is 10.1. The lowest BCUT2D eigenvalue weighted by Gasteiger charge is -2.14. The number of halogens is 3. The number of anilines is 2. The van der Waals surface area contributed by atoms with E-state index in [0.29, 0.717) is 23.5 Å². The Morgan fingerprint density at radius 3 is 2.40 bits per heavy atom. The van der Waals surface area contributed by atoms with Gasteiger partial charge in [0.15, 0.2) is 11.9 Å². The number of ether oxygens (including phenoxy) is 2. The number of carbonyl (C=O) groups excluding carboxylic acids is 2. The first-order valence-electron chi connectivity index (χ1n) is 12.9. The monoisotopic (exact) mass is 600 g/mol. The van der Waals surface area contributed by atoms with Gasteiger partial charge in [-0.15, -0.1) is 28.5 Å². The maximum absolute atomic E-state index is 12.6. The number of amides is 2. The third-order valence-corrected chi connectivity index (χ3v) is 6.73. The van der Waals surface area contributed by atoms with Gasteiger partial charge in [-0.05, 0) is 54.7 Å². The summed E-state index contributed by atoms with van der Waals surface area (Å²) in [6.45, 7) is 0. The molecule has 42 heavy (non-hydrogen) atoms. The maximum atomic E-state index is 12.6. The van der Waals surface area contributed by atoms with Gasteiger partial charge in [-0.25, -0.2) is 0 Å². The second-order valence-corrected chi connectivity index (χ2v) is 10.1. The first-order valence-corrected chi connectivity index (χ1v) is 13.7. The summed E-state index contributed by atoms with van der Waals surface area (Å²) in [5.74, 6) is -0.937. The van der Waals surface area contributed by atoms with Crippen LogP contribution in [0.3, 0.4) is 0 Å². The van der Waals surface area contributed by atoms with Crippen molar-refractivity contribution in [3.63, 3.8) is 0 Å². The molecule has 10 nitrogen and oxygen atoms in total. The van der Waals surface area contributed by atoms with Gasteiger partial charge in [-0.3, -0.25) is 14.9 Å². The van der Waals surface area contributed by atoms with Crippen molar-refractivity contribution in [1.82, 2.24) is 20.4 Å². The van der Waals surface area contributed by atoms with E-state index in [0.717, 1.165) is 41.2 Å². The number of hydrogen-bond acceptors (Lipinski definition) is 9. The van der Waals surface area contributed by atoms with E-state index < -0.39 is 24.1 Å². The minimum Gasteiger partial charge on any atom is -0.406 e. The van der Waals surface area contributed by atoms with E-state index in [4.69, 9.17) is 4.74 Å². The van der Waals surface area contributed by atoms with Gasteiger partial charge in [-0.2, -0.15) is 5.10 Å². The Morgan fingerprint density at radius 2 is 1.69 bits per heavy atom.